The summed E-state index contributed by atoms with van der Waals surface area (Å²) >= 11 is 1.76. The molecular weight excluding hydrogens is 204 g/mol. The molecule has 1 heterocycles. The molecule has 0 spiro atoms. The Morgan fingerprint density at radius 2 is 1.87 bits per heavy atom. The zero-order valence-corrected chi connectivity index (χ0v) is 10.0. The first-order valence-corrected chi connectivity index (χ1v) is 6.08. The molecule has 0 unspecified atom stereocenters. The van der Waals surface area contributed by atoms with Crippen LogP contribution in [0.4, 0.5) is 0 Å². The van der Waals surface area contributed by atoms with Gasteiger partial charge in [-0.25, -0.2) is 0 Å². The number of rotatable bonds is 2. The van der Waals surface area contributed by atoms with Crippen LogP contribution in [0.2, 0.25) is 0 Å². The van der Waals surface area contributed by atoms with Crippen LogP contribution in [0.3, 0.4) is 0 Å². The lowest BCUT2D eigenvalue weighted by Gasteiger charge is -2.02. The summed E-state index contributed by atoms with van der Waals surface area (Å²) in [6.45, 7) is 2.01. The molecule has 2 nitrogen and oxygen atoms in total. The van der Waals surface area contributed by atoms with Crippen LogP contribution in [0.1, 0.15) is 5.69 Å². The fraction of sp³-hybridized carbons (Fsp3) is 0.250. The molecule has 0 saturated carbocycles. The topological polar surface area (TPSA) is 17.8 Å². The Balaban J connectivity index is 2.41. The average molecular weight is 218 g/mol. The van der Waals surface area contributed by atoms with E-state index in [4.69, 9.17) is 0 Å². The molecule has 0 amide bonds. The summed E-state index contributed by atoms with van der Waals surface area (Å²) in [5.41, 5.74) is 3.44. The zero-order chi connectivity index (χ0) is 10.8. The first-order chi connectivity index (χ1) is 7.20. The molecule has 0 radical (unpaired) electrons. The minimum Gasteiger partial charge on any atom is -0.268 e. The van der Waals surface area contributed by atoms with Crippen molar-refractivity contribution in [3.63, 3.8) is 0 Å². The summed E-state index contributed by atoms with van der Waals surface area (Å²) in [7, 11) is 1.98. The molecule has 1 aromatic heterocycles. The summed E-state index contributed by atoms with van der Waals surface area (Å²) in [4.78, 5) is 1.29. The van der Waals surface area contributed by atoms with Gasteiger partial charge in [-0.05, 0) is 36.9 Å². The van der Waals surface area contributed by atoms with E-state index in [1.807, 2.05) is 18.7 Å². The summed E-state index contributed by atoms with van der Waals surface area (Å²) in [5, 5.41) is 4.34. The summed E-state index contributed by atoms with van der Waals surface area (Å²) in [6.07, 6.45) is 2.09. The van der Waals surface area contributed by atoms with Gasteiger partial charge in [-0.3, -0.25) is 4.68 Å². The molecule has 0 aliphatic carbocycles. The Hall–Kier alpha value is -1.22. The maximum atomic E-state index is 4.34. The first kappa shape index (κ1) is 10.3. The van der Waals surface area contributed by atoms with Crippen LogP contribution in [-0.4, -0.2) is 16.0 Å². The predicted molar refractivity (Wildman–Crippen MR) is 65.2 cm³/mol. The van der Waals surface area contributed by atoms with E-state index >= 15 is 0 Å². The van der Waals surface area contributed by atoms with Gasteiger partial charge >= 0.3 is 0 Å². The highest BCUT2D eigenvalue weighted by molar-refractivity contribution is 7.98. The fourth-order valence-electron chi connectivity index (χ4n) is 1.64. The quantitative estimate of drug-likeness (QED) is 0.721. The van der Waals surface area contributed by atoms with E-state index in [9.17, 15) is 0 Å². The third kappa shape index (κ3) is 2.07. The highest BCUT2D eigenvalue weighted by Crippen LogP contribution is 2.23. The van der Waals surface area contributed by atoms with E-state index in [-0.39, 0.29) is 0 Å². The molecular formula is C12H14N2S. The molecule has 0 N–H and O–H groups in total. The summed E-state index contributed by atoms with van der Waals surface area (Å²) < 4.78 is 1.92. The smallest absolute Gasteiger partial charge is 0.0681 e. The Labute approximate surface area is 94.3 Å². The van der Waals surface area contributed by atoms with Crippen LogP contribution in [-0.2, 0) is 7.05 Å². The van der Waals surface area contributed by atoms with Crippen LogP contribution in [0, 0.1) is 6.92 Å². The highest BCUT2D eigenvalue weighted by Gasteiger charge is 2.04. The minimum atomic E-state index is 1.06. The lowest BCUT2D eigenvalue weighted by Crippen LogP contribution is -1.93. The third-order valence-corrected chi connectivity index (χ3v) is 3.13. The first-order valence-electron chi connectivity index (χ1n) is 4.86. The molecule has 0 aliphatic rings. The van der Waals surface area contributed by atoms with Crippen LogP contribution < -0.4 is 0 Å². The molecule has 1 aromatic carbocycles. The fourth-order valence-corrected chi connectivity index (χ4v) is 2.05. The van der Waals surface area contributed by atoms with Crippen molar-refractivity contribution in [3.05, 3.63) is 36.0 Å². The van der Waals surface area contributed by atoms with Crippen molar-refractivity contribution in [2.45, 2.75) is 11.8 Å². The molecule has 0 fully saturated rings. The van der Waals surface area contributed by atoms with Gasteiger partial charge in [0.2, 0.25) is 0 Å². The second-order valence-corrected chi connectivity index (χ2v) is 4.40. The molecule has 2 rings (SSSR count). The van der Waals surface area contributed by atoms with E-state index in [2.05, 4.69) is 41.7 Å². The lowest BCUT2D eigenvalue weighted by molar-refractivity contribution is 0.764. The van der Waals surface area contributed by atoms with Crippen LogP contribution in [0.5, 0.6) is 0 Å². The van der Waals surface area contributed by atoms with Crippen molar-refractivity contribution >= 4 is 11.8 Å². The molecule has 0 saturated heterocycles. The Kier molecular flexibility index (Phi) is 2.82. The van der Waals surface area contributed by atoms with Crippen LogP contribution >= 0.6 is 11.8 Å². The predicted octanol–water partition coefficient (Wildman–Crippen LogP) is 3.12. The molecule has 2 aromatic rings. The Morgan fingerprint density at radius 1 is 1.20 bits per heavy atom. The van der Waals surface area contributed by atoms with Gasteiger partial charge in [-0.2, -0.15) is 5.10 Å². The molecule has 0 aliphatic heterocycles. The van der Waals surface area contributed by atoms with Crippen LogP contribution in [0.25, 0.3) is 11.3 Å². The number of aryl methyl sites for hydroxylation is 2. The van der Waals surface area contributed by atoms with E-state index in [0.29, 0.717) is 0 Å². The molecule has 0 atom stereocenters. The van der Waals surface area contributed by atoms with Crippen LogP contribution in [0.15, 0.2) is 35.2 Å². The third-order valence-electron chi connectivity index (χ3n) is 2.39. The number of hydrogen-bond donors (Lipinski definition) is 0. The summed E-state index contributed by atoms with van der Waals surface area (Å²) in [6, 6.07) is 10.7. The second-order valence-electron chi connectivity index (χ2n) is 3.52. The number of hydrogen-bond acceptors (Lipinski definition) is 2. The summed E-state index contributed by atoms with van der Waals surface area (Å²) in [5.74, 6) is 0. The average Bonchev–Trinajstić information content (AvgIpc) is 2.58. The Bertz CT molecular complexity index is 457. The van der Waals surface area contributed by atoms with Gasteiger partial charge in [-0.15, -0.1) is 11.8 Å². The second kappa shape index (κ2) is 4.11. The largest absolute Gasteiger partial charge is 0.268 e. The van der Waals surface area contributed by atoms with Crippen molar-refractivity contribution in [1.82, 2.24) is 9.78 Å². The molecule has 78 valence electrons. The van der Waals surface area contributed by atoms with Gasteiger partial charge in [0.15, 0.2) is 0 Å². The van der Waals surface area contributed by atoms with Gasteiger partial charge in [0, 0.05) is 11.9 Å². The van der Waals surface area contributed by atoms with Crippen molar-refractivity contribution in [2.24, 2.45) is 7.05 Å². The number of thioether (sulfide) groups is 1. The minimum absolute atomic E-state index is 1.06. The SMILES string of the molecule is CSc1ccc(-c2cc(C)nn2C)cc1. The van der Waals surface area contributed by atoms with E-state index in [1.54, 1.807) is 11.8 Å². The number of aromatic nitrogens is 2. The van der Waals surface area contributed by atoms with Gasteiger partial charge in [0.1, 0.15) is 0 Å². The van der Waals surface area contributed by atoms with Crippen molar-refractivity contribution in [2.75, 3.05) is 6.26 Å². The highest BCUT2D eigenvalue weighted by atomic mass is 32.2. The number of benzene rings is 1. The maximum absolute atomic E-state index is 4.34. The zero-order valence-electron chi connectivity index (χ0n) is 9.19. The lowest BCUT2D eigenvalue weighted by atomic mass is 10.1. The standard InChI is InChI=1S/C12H14N2S/c1-9-8-12(14(2)13-9)10-4-6-11(15-3)7-5-10/h4-8H,1-3H3. The molecule has 15 heavy (non-hydrogen) atoms. The van der Waals surface area contributed by atoms with Gasteiger partial charge < -0.3 is 0 Å². The van der Waals surface area contributed by atoms with Crippen molar-refractivity contribution < 1.29 is 0 Å². The molecule has 3 heteroatoms. The van der Waals surface area contributed by atoms with Crippen molar-refractivity contribution in [1.29, 1.82) is 0 Å². The van der Waals surface area contributed by atoms with E-state index in [1.165, 1.54) is 16.2 Å². The van der Waals surface area contributed by atoms with Gasteiger partial charge in [-0.1, -0.05) is 12.1 Å². The van der Waals surface area contributed by atoms with E-state index < -0.39 is 0 Å². The van der Waals surface area contributed by atoms with E-state index in [0.717, 1.165) is 5.69 Å². The van der Waals surface area contributed by atoms with Crippen molar-refractivity contribution in [3.8, 4) is 11.3 Å². The van der Waals surface area contributed by atoms with Gasteiger partial charge in [0.05, 0.1) is 11.4 Å². The maximum Gasteiger partial charge on any atom is 0.0681 e. The number of nitrogens with zero attached hydrogens (tertiary/aromatic N) is 2. The monoisotopic (exact) mass is 218 g/mol. The Morgan fingerprint density at radius 3 is 2.33 bits per heavy atom. The molecule has 0 bridgehead atoms. The normalized spacial score (nSPS) is 10.6. The van der Waals surface area contributed by atoms with Gasteiger partial charge in [0.25, 0.3) is 0 Å².